The van der Waals surface area contributed by atoms with Crippen molar-refractivity contribution in [1.82, 2.24) is 28.9 Å². The number of imidazole rings is 2. The van der Waals surface area contributed by atoms with E-state index in [0.717, 1.165) is 73.8 Å². The summed E-state index contributed by atoms with van der Waals surface area (Å²) in [5.74, 6) is 0. The van der Waals surface area contributed by atoms with Crippen LogP contribution in [0.15, 0.2) is 88.5 Å². The first-order valence-corrected chi connectivity index (χ1v) is 16.8. The van der Waals surface area contributed by atoms with Gasteiger partial charge in [0, 0.05) is 26.2 Å². The first kappa shape index (κ1) is 32.4. The Morgan fingerprint density at radius 1 is 0.745 bits per heavy atom. The van der Waals surface area contributed by atoms with Gasteiger partial charge in [-0.3, -0.25) is 9.13 Å². The van der Waals surface area contributed by atoms with Crippen LogP contribution in [0.1, 0.15) is 64.1 Å². The lowest BCUT2D eigenvalue weighted by molar-refractivity contribution is 0.0173. The summed E-state index contributed by atoms with van der Waals surface area (Å²) in [6, 6.07) is 26.5. The van der Waals surface area contributed by atoms with E-state index in [9.17, 15) is 14.4 Å². The molecule has 2 aliphatic rings. The van der Waals surface area contributed by atoms with Crippen LogP contribution in [0.2, 0.25) is 0 Å². The van der Waals surface area contributed by atoms with Crippen LogP contribution in [0.5, 0.6) is 0 Å². The zero-order valence-corrected chi connectivity index (χ0v) is 27.7. The molecule has 5 aromatic rings. The van der Waals surface area contributed by atoms with Gasteiger partial charge in [-0.1, -0.05) is 54.6 Å². The van der Waals surface area contributed by atoms with Crippen LogP contribution in [-0.2, 0) is 11.2 Å². The molecule has 0 aliphatic carbocycles. The maximum absolute atomic E-state index is 12.4. The highest BCUT2D eigenvalue weighted by Crippen LogP contribution is 2.26. The van der Waals surface area contributed by atoms with E-state index in [-0.39, 0.29) is 29.6 Å². The highest BCUT2D eigenvalue weighted by molar-refractivity contribution is 5.76. The molecule has 0 unspecified atom stereocenters. The molecule has 2 saturated heterocycles. The van der Waals surface area contributed by atoms with Crippen LogP contribution in [0.3, 0.4) is 0 Å². The maximum Gasteiger partial charge on any atom is 0.410 e. The summed E-state index contributed by atoms with van der Waals surface area (Å²) < 4.78 is 9.18. The number of hydrogen-bond donors (Lipinski definition) is 2. The van der Waals surface area contributed by atoms with E-state index < -0.39 is 5.60 Å². The molecular formula is C37H46N6O4. The van der Waals surface area contributed by atoms with Crippen molar-refractivity contribution in [3.63, 3.8) is 0 Å². The second-order valence-corrected chi connectivity index (χ2v) is 13.7. The number of ether oxygens (including phenoxy) is 1. The van der Waals surface area contributed by atoms with Crippen LogP contribution in [0.25, 0.3) is 22.1 Å². The van der Waals surface area contributed by atoms with E-state index in [0.29, 0.717) is 13.1 Å². The monoisotopic (exact) mass is 638 g/mol. The Kier molecular flexibility index (Phi) is 9.68. The molecule has 2 aromatic heterocycles. The van der Waals surface area contributed by atoms with E-state index in [2.05, 4.69) is 45.2 Å². The minimum atomic E-state index is -0.512. The Labute approximate surface area is 275 Å². The van der Waals surface area contributed by atoms with E-state index in [1.165, 1.54) is 5.56 Å². The minimum Gasteiger partial charge on any atom is -0.444 e. The predicted molar refractivity (Wildman–Crippen MR) is 186 cm³/mol. The number of hydrogen-bond acceptors (Lipinski definition) is 5. The van der Waals surface area contributed by atoms with Gasteiger partial charge in [0.05, 0.1) is 34.2 Å². The number of piperidine rings is 2. The molecule has 0 radical (unpaired) electrons. The summed E-state index contributed by atoms with van der Waals surface area (Å²) in [6.07, 6.45) is 4.71. The topological polar surface area (TPSA) is 108 Å². The molecule has 0 saturated carbocycles. The normalized spacial score (nSPS) is 19.0. The van der Waals surface area contributed by atoms with Crippen LogP contribution >= 0.6 is 0 Å². The quantitative estimate of drug-likeness (QED) is 0.242. The molecule has 4 heterocycles. The number of rotatable bonds is 5. The maximum atomic E-state index is 12.4. The third-order valence-electron chi connectivity index (χ3n) is 9.07. The summed E-state index contributed by atoms with van der Waals surface area (Å²) in [4.78, 5) is 47.1. The first-order valence-electron chi connectivity index (χ1n) is 16.8. The van der Waals surface area contributed by atoms with Crippen LogP contribution in [0.4, 0.5) is 4.79 Å². The highest BCUT2D eigenvalue weighted by Gasteiger charge is 2.30. The van der Waals surface area contributed by atoms with Crippen molar-refractivity contribution in [3.05, 3.63) is 105 Å². The summed E-state index contributed by atoms with van der Waals surface area (Å²) in [6.45, 7) is 9.87. The van der Waals surface area contributed by atoms with E-state index >= 15 is 0 Å². The largest absolute Gasteiger partial charge is 0.444 e. The number of nitrogens with zero attached hydrogens (tertiary/aromatic N) is 4. The Bertz CT molecular complexity index is 1910. The number of carbonyl (C=O) groups is 1. The van der Waals surface area contributed by atoms with Gasteiger partial charge in [-0.05, 0) is 89.2 Å². The molecule has 0 bridgehead atoms. The van der Waals surface area contributed by atoms with Crippen molar-refractivity contribution < 1.29 is 9.53 Å². The fourth-order valence-corrected chi connectivity index (χ4v) is 6.91. The molecule has 2 aliphatic heterocycles. The van der Waals surface area contributed by atoms with Crippen LogP contribution in [0, 0.1) is 0 Å². The summed E-state index contributed by atoms with van der Waals surface area (Å²) in [5, 5.41) is 0. The lowest BCUT2D eigenvalue weighted by Gasteiger charge is -2.34. The second-order valence-electron chi connectivity index (χ2n) is 13.7. The van der Waals surface area contributed by atoms with Gasteiger partial charge >= 0.3 is 17.5 Å². The first-order chi connectivity index (χ1) is 22.7. The number of nitrogens with one attached hydrogen (secondary N) is 2. The van der Waals surface area contributed by atoms with Gasteiger partial charge in [0.15, 0.2) is 0 Å². The molecule has 2 fully saturated rings. The van der Waals surface area contributed by atoms with Crippen molar-refractivity contribution in [3.8, 4) is 0 Å². The molecule has 1 amide bonds. The molecule has 3 aromatic carbocycles. The third-order valence-corrected chi connectivity index (χ3v) is 9.07. The number of aromatic nitrogens is 4. The number of likely N-dealkylation sites (tertiary alicyclic amines) is 2. The standard InChI is InChI=1S/C20H23N3O.C17H23N3O3/c24-20-21-18-10-4-5-11-19(18)23(20)17-9-6-13-22(15-17)14-12-16-7-2-1-3-8-16;1-17(2,3)23-16(22)19-10-6-7-12(11-19)20-14-9-5-4-8-13(14)18-15(20)21/h1-5,7-8,10-11,17H,6,9,12-15H2,(H,21,24);4-5,8-9,12H,6-7,10-11H2,1-3H3,(H,18,21)/t17-;12-/m11/s1. The smallest absolute Gasteiger partial charge is 0.410 e. The molecule has 47 heavy (non-hydrogen) atoms. The van der Waals surface area contributed by atoms with E-state index in [1.807, 2.05) is 73.9 Å². The molecule has 2 atom stereocenters. The fourth-order valence-electron chi connectivity index (χ4n) is 6.91. The Morgan fingerprint density at radius 3 is 1.87 bits per heavy atom. The molecule has 2 N–H and O–H groups in total. The van der Waals surface area contributed by atoms with Crippen LogP contribution in [-0.4, -0.2) is 73.3 Å². The number of para-hydroxylation sites is 4. The zero-order valence-electron chi connectivity index (χ0n) is 27.7. The highest BCUT2D eigenvalue weighted by atomic mass is 16.6. The molecule has 248 valence electrons. The fraction of sp³-hybridized carbons (Fsp3) is 0.432. The third kappa shape index (κ3) is 7.71. The van der Waals surface area contributed by atoms with Gasteiger partial charge in [0.25, 0.3) is 0 Å². The van der Waals surface area contributed by atoms with Gasteiger partial charge in [0.1, 0.15) is 5.60 Å². The van der Waals surface area contributed by atoms with Crippen molar-refractivity contribution in [1.29, 1.82) is 0 Å². The Hall–Kier alpha value is -4.57. The average molecular weight is 639 g/mol. The number of carbonyl (C=O) groups excluding carboxylic acids is 1. The molecular weight excluding hydrogens is 592 g/mol. The van der Waals surface area contributed by atoms with Gasteiger partial charge < -0.3 is 24.5 Å². The molecule has 10 nitrogen and oxygen atoms in total. The number of amides is 1. The van der Waals surface area contributed by atoms with E-state index in [1.54, 1.807) is 9.47 Å². The van der Waals surface area contributed by atoms with Crippen molar-refractivity contribution >= 4 is 28.2 Å². The summed E-state index contributed by atoms with van der Waals surface area (Å²) in [7, 11) is 0. The average Bonchev–Trinajstić information content (AvgIpc) is 3.59. The Morgan fingerprint density at radius 2 is 1.28 bits per heavy atom. The zero-order chi connectivity index (χ0) is 33.0. The summed E-state index contributed by atoms with van der Waals surface area (Å²) in [5.41, 5.74) is 4.43. The van der Waals surface area contributed by atoms with Crippen LogP contribution < -0.4 is 11.4 Å². The molecule has 10 heteroatoms. The lowest BCUT2D eigenvalue weighted by Crippen LogP contribution is -2.44. The van der Waals surface area contributed by atoms with Gasteiger partial charge in [-0.25, -0.2) is 14.4 Å². The molecule has 7 rings (SSSR count). The number of aromatic amines is 2. The second kappa shape index (κ2) is 14.0. The number of benzene rings is 3. The van der Waals surface area contributed by atoms with Crippen molar-refractivity contribution in [2.45, 2.75) is 70.6 Å². The van der Waals surface area contributed by atoms with Crippen molar-refractivity contribution in [2.24, 2.45) is 0 Å². The Balaban J connectivity index is 0.000000165. The minimum absolute atomic E-state index is 0.0195. The van der Waals surface area contributed by atoms with E-state index in [4.69, 9.17) is 4.74 Å². The lowest BCUT2D eigenvalue weighted by atomic mass is 10.0. The number of H-pyrrole nitrogens is 2. The SMILES string of the molecule is CC(C)(C)OC(=O)N1CCC[C@@H](n2c(=O)[nH]c3ccccc32)C1.O=c1[nH]c2ccccc2n1[C@@H]1CCCN(CCc2ccccc2)C1. The van der Waals surface area contributed by atoms with Gasteiger partial charge in [-0.15, -0.1) is 0 Å². The van der Waals surface area contributed by atoms with Gasteiger partial charge in [0.2, 0.25) is 0 Å². The van der Waals surface area contributed by atoms with Gasteiger partial charge in [-0.2, -0.15) is 0 Å². The predicted octanol–water partition coefficient (Wildman–Crippen LogP) is 6.11. The summed E-state index contributed by atoms with van der Waals surface area (Å²) >= 11 is 0. The molecule has 0 spiro atoms. The number of fused-ring (bicyclic) bond motifs is 2. The van der Waals surface area contributed by atoms with Crippen molar-refractivity contribution in [2.75, 3.05) is 32.7 Å².